The number of rotatable bonds is 6. The Kier molecular flexibility index (Phi) is 4.62. The Bertz CT molecular complexity index is 758. The van der Waals surface area contributed by atoms with Crippen LogP contribution in [0.2, 0.25) is 0 Å². The second-order valence-corrected chi connectivity index (χ2v) is 6.82. The van der Waals surface area contributed by atoms with Gasteiger partial charge in [-0.15, -0.1) is 0 Å². The average Bonchev–Trinajstić information content (AvgIpc) is 3.34. The van der Waals surface area contributed by atoms with E-state index >= 15 is 0 Å². The van der Waals surface area contributed by atoms with Gasteiger partial charge in [-0.1, -0.05) is 0 Å². The monoisotopic (exact) mass is 341 g/mol. The smallest absolute Gasteiger partial charge is 0.195 e. The Morgan fingerprint density at radius 1 is 1.17 bits per heavy atom. The van der Waals surface area contributed by atoms with Crippen LogP contribution in [-0.4, -0.2) is 37.2 Å². The molecule has 0 N–H and O–H groups in total. The summed E-state index contributed by atoms with van der Waals surface area (Å²) < 4.78 is 7.96. The number of nitrogens with zero attached hydrogens (tertiary/aromatic N) is 5. The minimum Gasteiger partial charge on any atom is -0.453 e. The van der Waals surface area contributed by atoms with Crippen molar-refractivity contribution >= 4 is 11.8 Å². The summed E-state index contributed by atoms with van der Waals surface area (Å²) in [5.74, 6) is 0.987. The van der Waals surface area contributed by atoms with Crippen molar-refractivity contribution in [2.45, 2.75) is 42.2 Å². The number of likely N-dealkylation sites (tertiary alicyclic amines) is 1. The molecule has 0 aliphatic carbocycles. The average molecular weight is 341 g/mol. The van der Waals surface area contributed by atoms with Crippen molar-refractivity contribution in [2.75, 3.05) is 6.54 Å². The van der Waals surface area contributed by atoms with E-state index in [1.807, 2.05) is 35.3 Å². The molecule has 0 saturated carbocycles. The predicted molar refractivity (Wildman–Crippen MR) is 90.5 cm³/mol. The van der Waals surface area contributed by atoms with Crippen LogP contribution in [0.25, 0.3) is 0 Å². The van der Waals surface area contributed by atoms with Crippen LogP contribution >= 0.6 is 11.8 Å². The normalized spacial score (nSPS) is 18.2. The highest BCUT2D eigenvalue weighted by molar-refractivity contribution is 7.99. The van der Waals surface area contributed by atoms with Gasteiger partial charge in [0.25, 0.3) is 0 Å². The fraction of sp³-hybridized carbons (Fsp3) is 0.353. The fourth-order valence-corrected chi connectivity index (χ4v) is 3.75. The highest BCUT2D eigenvalue weighted by atomic mass is 32.2. The Labute approximate surface area is 144 Å². The minimum absolute atomic E-state index is 0.517. The summed E-state index contributed by atoms with van der Waals surface area (Å²) in [5, 5.41) is 5.86. The third-order valence-electron chi connectivity index (χ3n) is 4.19. The maximum absolute atomic E-state index is 5.95. The number of furan rings is 1. The quantitative estimate of drug-likeness (QED) is 0.642. The van der Waals surface area contributed by atoms with Crippen molar-refractivity contribution in [1.82, 2.24) is 24.6 Å². The van der Waals surface area contributed by atoms with Crippen LogP contribution in [0.15, 0.2) is 63.7 Å². The molecule has 3 aromatic heterocycles. The minimum atomic E-state index is 0.517. The zero-order valence-corrected chi connectivity index (χ0v) is 14.1. The lowest BCUT2D eigenvalue weighted by atomic mass is 10.2. The van der Waals surface area contributed by atoms with Gasteiger partial charge in [-0.2, -0.15) is 5.10 Å². The van der Waals surface area contributed by atoms with Crippen LogP contribution in [0.3, 0.4) is 0 Å². The topological polar surface area (TPSA) is 60.0 Å². The second kappa shape index (κ2) is 7.19. The molecule has 1 atom stereocenters. The molecule has 124 valence electrons. The lowest BCUT2D eigenvalue weighted by Gasteiger charge is -2.23. The first kappa shape index (κ1) is 15.4. The van der Waals surface area contributed by atoms with E-state index in [1.165, 1.54) is 24.6 Å². The summed E-state index contributed by atoms with van der Waals surface area (Å²) in [4.78, 5) is 10.9. The van der Waals surface area contributed by atoms with Crippen LogP contribution in [0.4, 0.5) is 0 Å². The molecule has 0 bridgehead atoms. The standard InChI is InChI=1S/C17H19N5OS/c1-4-14(12-22-11-3-9-20-22)21(10-1)13-15-5-6-16(23-15)24-17-18-7-2-8-19-17/h2-3,5-9,11,14H,1,4,10,12-13H2/t14-/m1/s1. The van der Waals surface area contributed by atoms with E-state index in [2.05, 4.69) is 26.0 Å². The highest BCUT2D eigenvalue weighted by Crippen LogP contribution is 2.28. The molecule has 1 fully saturated rings. The molecule has 4 heterocycles. The molecule has 0 spiro atoms. The van der Waals surface area contributed by atoms with Crippen LogP contribution in [0, 0.1) is 0 Å². The van der Waals surface area contributed by atoms with Gasteiger partial charge in [-0.05, 0) is 55.4 Å². The largest absolute Gasteiger partial charge is 0.453 e. The molecular weight excluding hydrogens is 322 g/mol. The first-order chi connectivity index (χ1) is 11.9. The van der Waals surface area contributed by atoms with Crippen LogP contribution in [0.5, 0.6) is 0 Å². The number of hydrogen-bond acceptors (Lipinski definition) is 6. The van der Waals surface area contributed by atoms with Crippen LogP contribution in [-0.2, 0) is 13.1 Å². The van der Waals surface area contributed by atoms with E-state index in [1.54, 1.807) is 12.4 Å². The van der Waals surface area contributed by atoms with E-state index in [4.69, 9.17) is 4.42 Å². The van der Waals surface area contributed by atoms with Gasteiger partial charge >= 0.3 is 0 Å². The summed E-state index contributed by atoms with van der Waals surface area (Å²) in [6.07, 6.45) is 9.78. The van der Waals surface area contributed by atoms with Gasteiger partial charge in [-0.25, -0.2) is 9.97 Å². The van der Waals surface area contributed by atoms with Gasteiger partial charge in [0.05, 0.1) is 13.1 Å². The number of aromatic nitrogens is 4. The van der Waals surface area contributed by atoms with Gasteiger partial charge in [0.15, 0.2) is 10.2 Å². The van der Waals surface area contributed by atoms with Crippen molar-refractivity contribution in [3.63, 3.8) is 0 Å². The van der Waals surface area contributed by atoms with Crippen molar-refractivity contribution in [2.24, 2.45) is 0 Å². The first-order valence-electron chi connectivity index (χ1n) is 8.12. The van der Waals surface area contributed by atoms with E-state index in [-0.39, 0.29) is 0 Å². The molecule has 1 aliphatic heterocycles. The summed E-state index contributed by atoms with van der Waals surface area (Å²) in [7, 11) is 0. The van der Waals surface area contributed by atoms with Gasteiger partial charge < -0.3 is 4.42 Å². The Morgan fingerprint density at radius 2 is 2.08 bits per heavy atom. The third-order valence-corrected chi connectivity index (χ3v) is 5.00. The van der Waals surface area contributed by atoms with Crippen LogP contribution < -0.4 is 0 Å². The lowest BCUT2D eigenvalue weighted by Crippen LogP contribution is -2.32. The summed E-state index contributed by atoms with van der Waals surface area (Å²) in [5.41, 5.74) is 0. The third kappa shape index (κ3) is 3.68. The van der Waals surface area contributed by atoms with Gasteiger partial charge in [0.1, 0.15) is 5.76 Å². The van der Waals surface area contributed by atoms with Gasteiger partial charge in [0, 0.05) is 30.8 Å². The fourth-order valence-electron chi connectivity index (χ4n) is 3.06. The lowest BCUT2D eigenvalue weighted by molar-refractivity contribution is 0.199. The Balaban J connectivity index is 1.38. The molecule has 24 heavy (non-hydrogen) atoms. The molecule has 6 nitrogen and oxygen atoms in total. The SMILES string of the molecule is c1cnc(Sc2ccc(CN3CCC[C@@H]3Cn3cccn3)o2)nc1. The second-order valence-electron chi connectivity index (χ2n) is 5.85. The van der Waals surface area contributed by atoms with Crippen molar-refractivity contribution in [1.29, 1.82) is 0 Å². The Morgan fingerprint density at radius 3 is 2.92 bits per heavy atom. The summed E-state index contributed by atoms with van der Waals surface area (Å²) in [6.45, 7) is 2.88. The van der Waals surface area contributed by atoms with Crippen molar-refractivity contribution in [3.05, 3.63) is 54.8 Å². The van der Waals surface area contributed by atoms with Gasteiger partial charge in [-0.3, -0.25) is 9.58 Å². The molecular formula is C17H19N5OS. The van der Waals surface area contributed by atoms with E-state index in [0.29, 0.717) is 11.2 Å². The maximum Gasteiger partial charge on any atom is 0.195 e. The molecule has 0 aromatic carbocycles. The molecule has 1 aliphatic rings. The summed E-state index contributed by atoms with van der Waals surface area (Å²) in [6, 6.07) is 8.35. The van der Waals surface area contributed by atoms with E-state index < -0.39 is 0 Å². The van der Waals surface area contributed by atoms with E-state index in [0.717, 1.165) is 30.5 Å². The molecule has 1 saturated heterocycles. The summed E-state index contributed by atoms with van der Waals surface area (Å²) >= 11 is 1.45. The zero-order chi connectivity index (χ0) is 16.2. The van der Waals surface area contributed by atoms with Crippen LogP contribution in [0.1, 0.15) is 18.6 Å². The Hall–Kier alpha value is -2.12. The highest BCUT2D eigenvalue weighted by Gasteiger charge is 2.25. The van der Waals surface area contributed by atoms with Gasteiger partial charge in [0.2, 0.25) is 0 Å². The predicted octanol–water partition coefficient (Wildman–Crippen LogP) is 3.08. The maximum atomic E-state index is 5.95. The van der Waals surface area contributed by atoms with Crippen molar-refractivity contribution < 1.29 is 4.42 Å². The van der Waals surface area contributed by atoms with Crippen molar-refractivity contribution in [3.8, 4) is 0 Å². The molecule has 0 amide bonds. The van der Waals surface area contributed by atoms with E-state index in [9.17, 15) is 0 Å². The molecule has 0 unspecified atom stereocenters. The first-order valence-corrected chi connectivity index (χ1v) is 8.93. The zero-order valence-electron chi connectivity index (χ0n) is 13.3. The molecule has 0 radical (unpaired) electrons. The molecule has 7 heteroatoms. The molecule has 3 aromatic rings. The molecule has 4 rings (SSSR count). The number of hydrogen-bond donors (Lipinski definition) is 0.